The maximum absolute atomic E-state index is 12.0. The molecule has 3 atom stereocenters. The molecule has 4 nitrogen and oxygen atoms in total. The molecule has 1 heterocycles. The maximum Gasteiger partial charge on any atom is 0.222 e. The molecule has 0 aromatic carbocycles. The fourth-order valence-electron chi connectivity index (χ4n) is 2.99. The molecule has 1 N–H and O–H groups in total. The molecule has 2 aliphatic rings. The van der Waals surface area contributed by atoms with E-state index in [1.54, 1.807) is 7.11 Å². The van der Waals surface area contributed by atoms with Gasteiger partial charge in [-0.25, -0.2) is 0 Å². The van der Waals surface area contributed by atoms with Crippen LogP contribution in [0.25, 0.3) is 0 Å². The Labute approximate surface area is 109 Å². The predicted molar refractivity (Wildman–Crippen MR) is 69.3 cm³/mol. The molecule has 0 spiro atoms. The molecular weight excluding hydrogens is 230 g/mol. The Morgan fingerprint density at radius 3 is 2.67 bits per heavy atom. The molecule has 1 aliphatic heterocycles. The van der Waals surface area contributed by atoms with Crippen LogP contribution < -0.4 is 5.32 Å². The van der Waals surface area contributed by atoms with Crippen molar-refractivity contribution in [1.82, 2.24) is 5.32 Å². The predicted octanol–water partition coefficient (Wildman–Crippen LogP) is 1.88. The zero-order valence-electron chi connectivity index (χ0n) is 11.9. The van der Waals surface area contributed by atoms with Crippen LogP contribution in [0.2, 0.25) is 0 Å². The number of nitrogens with one attached hydrogen (secondary N) is 1. The molecule has 0 unspecified atom stereocenters. The van der Waals surface area contributed by atoms with E-state index in [1.807, 2.05) is 0 Å². The number of methoxy groups -OCH3 is 1. The smallest absolute Gasteiger partial charge is 0.222 e. The lowest BCUT2D eigenvalue weighted by molar-refractivity contribution is -0.182. The van der Waals surface area contributed by atoms with Gasteiger partial charge >= 0.3 is 0 Å². The molecule has 1 saturated heterocycles. The molecule has 1 saturated carbocycles. The number of carbonyl (C=O) groups excluding carboxylic acids is 1. The molecule has 0 radical (unpaired) electrons. The van der Waals surface area contributed by atoms with Crippen LogP contribution in [0.4, 0.5) is 0 Å². The van der Waals surface area contributed by atoms with E-state index in [9.17, 15) is 4.79 Å². The van der Waals surface area contributed by atoms with Crippen molar-refractivity contribution in [2.45, 2.75) is 64.2 Å². The lowest BCUT2D eigenvalue weighted by Crippen LogP contribution is -2.68. The van der Waals surface area contributed by atoms with Crippen LogP contribution >= 0.6 is 0 Å². The second kappa shape index (κ2) is 4.82. The summed E-state index contributed by atoms with van der Waals surface area (Å²) in [5.74, 6) is 0.109. The summed E-state index contributed by atoms with van der Waals surface area (Å²) in [6, 6.07) is 0.205. The third-order valence-corrected chi connectivity index (χ3v) is 5.05. The van der Waals surface area contributed by atoms with E-state index in [2.05, 4.69) is 26.1 Å². The highest BCUT2D eigenvalue weighted by Crippen LogP contribution is 2.51. The third kappa shape index (κ3) is 2.28. The van der Waals surface area contributed by atoms with E-state index in [4.69, 9.17) is 9.47 Å². The van der Waals surface area contributed by atoms with Crippen LogP contribution in [-0.2, 0) is 14.3 Å². The normalized spacial score (nSPS) is 38.2. The molecule has 0 bridgehead atoms. The van der Waals surface area contributed by atoms with Gasteiger partial charge in [0.2, 0.25) is 5.91 Å². The highest BCUT2D eigenvalue weighted by atomic mass is 16.5. The Balaban J connectivity index is 1.82. The van der Waals surface area contributed by atoms with Crippen molar-refractivity contribution in [1.29, 1.82) is 0 Å². The summed E-state index contributed by atoms with van der Waals surface area (Å²) < 4.78 is 11.0. The average molecular weight is 255 g/mol. The Morgan fingerprint density at radius 1 is 1.44 bits per heavy atom. The van der Waals surface area contributed by atoms with Crippen molar-refractivity contribution in [3.63, 3.8) is 0 Å². The third-order valence-electron chi connectivity index (χ3n) is 5.05. The van der Waals surface area contributed by atoms with Gasteiger partial charge in [0.15, 0.2) is 0 Å². The van der Waals surface area contributed by atoms with Crippen molar-refractivity contribution in [2.75, 3.05) is 13.7 Å². The summed E-state index contributed by atoms with van der Waals surface area (Å²) in [5, 5.41) is 3.12. The van der Waals surface area contributed by atoms with Crippen LogP contribution in [0.5, 0.6) is 0 Å². The Morgan fingerprint density at radius 2 is 2.17 bits per heavy atom. The topological polar surface area (TPSA) is 47.6 Å². The fourth-order valence-corrected chi connectivity index (χ4v) is 2.99. The summed E-state index contributed by atoms with van der Waals surface area (Å²) in [6.07, 6.45) is 3.60. The number of ether oxygens (including phenoxy) is 2. The number of carbonyl (C=O) groups is 1. The van der Waals surface area contributed by atoms with Gasteiger partial charge in [-0.2, -0.15) is 0 Å². The minimum absolute atomic E-state index is 0.0199. The van der Waals surface area contributed by atoms with E-state index >= 15 is 0 Å². The van der Waals surface area contributed by atoms with Crippen molar-refractivity contribution < 1.29 is 14.3 Å². The summed E-state index contributed by atoms with van der Waals surface area (Å²) in [6.45, 7) is 7.21. The second-order valence-corrected chi connectivity index (χ2v) is 6.32. The van der Waals surface area contributed by atoms with E-state index in [0.29, 0.717) is 6.42 Å². The van der Waals surface area contributed by atoms with Gasteiger partial charge in [0, 0.05) is 25.2 Å². The van der Waals surface area contributed by atoms with Gasteiger partial charge in [-0.1, -0.05) is 13.8 Å². The first-order chi connectivity index (χ1) is 8.39. The highest BCUT2D eigenvalue weighted by Gasteiger charge is 2.58. The average Bonchev–Trinajstić information content (AvgIpc) is 2.80. The summed E-state index contributed by atoms with van der Waals surface area (Å²) in [7, 11) is 1.74. The maximum atomic E-state index is 12.0. The number of hydrogen-bond donors (Lipinski definition) is 1. The van der Waals surface area contributed by atoms with Crippen LogP contribution in [0.3, 0.4) is 0 Å². The van der Waals surface area contributed by atoms with Gasteiger partial charge in [-0.05, 0) is 26.2 Å². The second-order valence-electron chi connectivity index (χ2n) is 6.32. The van der Waals surface area contributed by atoms with Crippen LogP contribution in [0.15, 0.2) is 0 Å². The first-order valence-electron chi connectivity index (χ1n) is 6.85. The van der Waals surface area contributed by atoms with Crippen LogP contribution in [0.1, 0.15) is 46.5 Å². The summed E-state index contributed by atoms with van der Waals surface area (Å²) in [5.41, 5.74) is -0.150. The molecule has 2 rings (SSSR count). The number of amides is 1. The zero-order valence-corrected chi connectivity index (χ0v) is 11.9. The van der Waals surface area contributed by atoms with Gasteiger partial charge < -0.3 is 14.8 Å². The highest BCUT2D eigenvalue weighted by molar-refractivity contribution is 5.77. The molecule has 18 heavy (non-hydrogen) atoms. The van der Waals surface area contributed by atoms with Crippen LogP contribution in [0, 0.1) is 5.41 Å². The monoisotopic (exact) mass is 255 g/mol. The lowest BCUT2D eigenvalue weighted by atomic mass is 9.56. The van der Waals surface area contributed by atoms with E-state index in [1.165, 1.54) is 0 Å². The minimum atomic E-state index is -0.130. The molecular formula is C14H25NO3. The Kier molecular flexibility index (Phi) is 3.70. The van der Waals surface area contributed by atoms with Gasteiger partial charge in [0.1, 0.15) is 0 Å². The molecule has 0 aromatic heterocycles. The molecule has 1 aliphatic carbocycles. The SMILES string of the molecule is CO[C@]1(C)C[C@@H](NC(=O)C[C@H]2CCCO2)C1(C)C. The first kappa shape index (κ1) is 13.8. The Bertz CT molecular complexity index is 323. The zero-order chi connectivity index (χ0) is 13.4. The van der Waals surface area contributed by atoms with Gasteiger partial charge in [0.05, 0.1) is 18.1 Å². The lowest BCUT2D eigenvalue weighted by Gasteiger charge is -2.59. The summed E-state index contributed by atoms with van der Waals surface area (Å²) >= 11 is 0. The van der Waals surface area contributed by atoms with E-state index in [-0.39, 0.29) is 29.1 Å². The molecule has 1 amide bonds. The molecule has 0 aromatic rings. The number of rotatable bonds is 4. The van der Waals surface area contributed by atoms with Crippen molar-refractivity contribution >= 4 is 5.91 Å². The molecule has 4 heteroatoms. The largest absolute Gasteiger partial charge is 0.378 e. The van der Waals surface area contributed by atoms with Crippen LogP contribution in [-0.4, -0.2) is 37.4 Å². The Hall–Kier alpha value is -0.610. The van der Waals surface area contributed by atoms with Crippen molar-refractivity contribution in [3.05, 3.63) is 0 Å². The van der Waals surface area contributed by atoms with Gasteiger partial charge in [0.25, 0.3) is 0 Å². The van der Waals surface area contributed by atoms with E-state index < -0.39 is 0 Å². The van der Waals surface area contributed by atoms with Gasteiger partial charge in [-0.15, -0.1) is 0 Å². The van der Waals surface area contributed by atoms with Crippen molar-refractivity contribution in [3.8, 4) is 0 Å². The molecule has 2 fully saturated rings. The van der Waals surface area contributed by atoms with Gasteiger partial charge in [-0.3, -0.25) is 4.79 Å². The fraction of sp³-hybridized carbons (Fsp3) is 0.929. The number of hydrogen-bond acceptors (Lipinski definition) is 3. The first-order valence-corrected chi connectivity index (χ1v) is 6.85. The molecule has 104 valence electrons. The summed E-state index contributed by atoms with van der Waals surface area (Å²) in [4.78, 5) is 12.0. The minimum Gasteiger partial charge on any atom is -0.378 e. The van der Waals surface area contributed by atoms with Crippen molar-refractivity contribution in [2.24, 2.45) is 5.41 Å². The quantitative estimate of drug-likeness (QED) is 0.834. The standard InChI is InChI=1S/C14H25NO3/c1-13(2)11(9-14(13,3)17-4)15-12(16)8-10-6-5-7-18-10/h10-11H,5-9H2,1-4H3,(H,15,16)/t10-,11-,14-/m1/s1. The van der Waals surface area contributed by atoms with E-state index in [0.717, 1.165) is 25.9 Å².